The number of esters is 1. The van der Waals surface area contributed by atoms with Gasteiger partial charge in [0.1, 0.15) is 6.54 Å². The van der Waals surface area contributed by atoms with Gasteiger partial charge in [0.25, 0.3) is 0 Å². The molecule has 0 saturated carbocycles. The summed E-state index contributed by atoms with van der Waals surface area (Å²) in [5, 5.41) is 3.39. The van der Waals surface area contributed by atoms with E-state index in [9.17, 15) is 9.59 Å². The number of likely N-dealkylation sites (N-methyl/N-ethyl adjacent to an activating group) is 1. The van der Waals surface area contributed by atoms with Gasteiger partial charge in [-0.05, 0) is 33.1 Å². The summed E-state index contributed by atoms with van der Waals surface area (Å²) >= 11 is 0. The molecule has 146 valence electrons. The number of hydrogen-bond acceptors (Lipinski definition) is 4. The zero-order valence-corrected chi connectivity index (χ0v) is 18.4. The number of halogens is 1. The fraction of sp³-hybridized carbons (Fsp3) is 0.824. The molecular formula is C17H33IN4O3. The largest absolute Gasteiger partial charge is 0.466 e. The first kappa shape index (κ1) is 23.9. The first-order chi connectivity index (χ1) is 11.4. The monoisotopic (exact) mass is 468 g/mol. The number of nitrogens with zero attached hydrogens (tertiary/aromatic N) is 3. The second-order valence-electron chi connectivity index (χ2n) is 6.40. The van der Waals surface area contributed by atoms with Crippen LogP contribution in [0.4, 0.5) is 0 Å². The minimum atomic E-state index is -0.103. The summed E-state index contributed by atoms with van der Waals surface area (Å²) in [6.45, 7) is 8.05. The van der Waals surface area contributed by atoms with Crippen LogP contribution in [0.25, 0.3) is 0 Å². The molecule has 0 aromatic rings. The van der Waals surface area contributed by atoms with E-state index in [1.807, 2.05) is 6.92 Å². The van der Waals surface area contributed by atoms with E-state index in [1.165, 1.54) is 4.90 Å². The van der Waals surface area contributed by atoms with Gasteiger partial charge in [-0.15, -0.1) is 24.0 Å². The van der Waals surface area contributed by atoms with E-state index in [2.05, 4.69) is 29.1 Å². The minimum absolute atomic E-state index is 0. The van der Waals surface area contributed by atoms with Gasteiger partial charge >= 0.3 is 5.97 Å². The third kappa shape index (κ3) is 8.24. The second-order valence-corrected chi connectivity index (χ2v) is 6.40. The number of amides is 1. The van der Waals surface area contributed by atoms with Crippen LogP contribution in [0.5, 0.6) is 0 Å². The van der Waals surface area contributed by atoms with Gasteiger partial charge in [-0.25, -0.2) is 4.99 Å². The molecule has 1 aliphatic heterocycles. The molecule has 1 aliphatic rings. The number of ether oxygens (including phenoxy) is 1. The molecule has 1 saturated heterocycles. The Labute approximate surface area is 168 Å². The number of carbonyl (C=O) groups is 2. The molecular weight excluding hydrogens is 435 g/mol. The van der Waals surface area contributed by atoms with E-state index in [-0.39, 0.29) is 54.4 Å². The SMILES string of the molecule is CCOC(=O)C1CCN(C(=NCC(=O)N(C)C)NC(C)CC)CC1.I. The Morgan fingerprint density at radius 1 is 1.28 bits per heavy atom. The van der Waals surface area contributed by atoms with Crippen molar-refractivity contribution < 1.29 is 14.3 Å². The predicted octanol–water partition coefficient (Wildman–Crippen LogP) is 1.71. The van der Waals surface area contributed by atoms with Crippen LogP contribution < -0.4 is 5.32 Å². The number of guanidine groups is 1. The maximum Gasteiger partial charge on any atom is 0.309 e. The van der Waals surface area contributed by atoms with E-state index >= 15 is 0 Å². The van der Waals surface area contributed by atoms with Gasteiger partial charge < -0.3 is 19.9 Å². The summed E-state index contributed by atoms with van der Waals surface area (Å²) < 4.78 is 5.11. The molecule has 1 N–H and O–H groups in total. The third-order valence-corrected chi connectivity index (χ3v) is 4.27. The predicted molar refractivity (Wildman–Crippen MR) is 110 cm³/mol. The van der Waals surface area contributed by atoms with Gasteiger partial charge in [-0.2, -0.15) is 0 Å². The summed E-state index contributed by atoms with van der Waals surface area (Å²) in [5.74, 6) is 0.587. The van der Waals surface area contributed by atoms with Crippen molar-refractivity contribution in [2.75, 3.05) is 40.3 Å². The van der Waals surface area contributed by atoms with Crippen molar-refractivity contribution in [1.29, 1.82) is 0 Å². The van der Waals surface area contributed by atoms with Crippen LogP contribution in [0, 0.1) is 5.92 Å². The molecule has 1 amide bonds. The van der Waals surface area contributed by atoms with Crippen molar-refractivity contribution in [1.82, 2.24) is 15.1 Å². The zero-order valence-electron chi connectivity index (χ0n) is 16.1. The molecule has 0 bridgehead atoms. The number of piperidine rings is 1. The lowest BCUT2D eigenvalue weighted by atomic mass is 9.97. The Morgan fingerprint density at radius 2 is 1.88 bits per heavy atom. The first-order valence-electron chi connectivity index (χ1n) is 8.81. The average molecular weight is 468 g/mol. The summed E-state index contributed by atoms with van der Waals surface area (Å²) in [7, 11) is 3.45. The summed E-state index contributed by atoms with van der Waals surface area (Å²) in [4.78, 5) is 31.8. The quantitative estimate of drug-likeness (QED) is 0.278. The fourth-order valence-corrected chi connectivity index (χ4v) is 2.43. The van der Waals surface area contributed by atoms with Crippen molar-refractivity contribution in [2.24, 2.45) is 10.9 Å². The van der Waals surface area contributed by atoms with E-state index in [1.54, 1.807) is 14.1 Å². The smallest absolute Gasteiger partial charge is 0.309 e. The molecule has 8 heteroatoms. The molecule has 0 aliphatic carbocycles. The second kappa shape index (κ2) is 12.3. The van der Waals surface area contributed by atoms with Crippen molar-refractivity contribution >= 4 is 41.8 Å². The summed E-state index contributed by atoms with van der Waals surface area (Å²) in [6.07, 6.45) is 2.48. The number of likely N-dealkylation sites (tertiary alicyclic amines) is 1. The Kier molecular flexibility index (Phi) is 11.8. The van der Waals surface area contributed by atoms with Gasteiger partial charge in [0.05, 0.1) is 12.5 Å². The van der Waals surface area contributed by atoms with Crippen molar-refractivity contribution in [2.45, 2.75) is 46.1 Å². The van der Waals surface area contributed by atoms with Crippen LogP contribution in [0.3, 0.4) is 0 Å². The molecule has 1 unspecified atom stereocenters. The highest BCUT2D eigenvalue weighted by Crippen LogP contribution is 2.19. The molecule has 25 heavy (non-hydrogen) atoms. The van der Waals surface area contributed by atoms with E-state index in [0.717, 1.165) is 38.3 Å². The number of carbonyl (C=O) groups excluding carboxylic acids is 2. The highest BCUT2D eigenvalue weighted by atomic mass is 127. The number of aliphatic imine (C=N–C) groups is 1. The van der Waals surface area contributed by atoms with Crippen LogP contribution in [0.2, 0.25) is 0 Å². The Bertz CT molecular complexity index is 449. The first-order valence-corrected chi connectivity index (χ1v) is 8.81. The van der Waals surface area contributed by atoms with Gasteiger partial charge in [0.2, 0.25) is 5.91 Å². The van der Waals surface area contributed by atoms with E-state index < -0.39 is 0 Å². The third-order valence-electron chi connectivity index (χ3n) is 4.27. The number of nitrogens with one attached hydrogen (secondary N) is 1. The zero-order chi connectivity index (χ0) is 18.1. The Morgan fingerprint density at radius 3 is 2.36 bits per heavy atom. The van der Waals surface area contributed by atoms with Crippen LogP contribution >= 0.6 is 24.0 Å². The Balaban J connectivity index is 0.00000576. The van der Waals surface area contributed by atoms with Gasteiger partial charge in [0, 0.05) is 33.2 Å². The van der Waals surface area contributed by atoms with Crippen LogP contribution in [0.15, 0.2) is 4.99 Å². The lowest BCUT2D eigenvalue weighted by Crippen LogP contribution is -2.49. The van der Waals surface area contributed by atoms with E-state index in [4.69, 9.17) is 4.74 Å². The number of hydrogen-bond donors (Lipinski definition) is 1. The molecule has 0 aromatic carbocycles. The molecule has 1 rings (SSSR count). The summed E-state index contributed by atoms with van der Waals surface area (Å²) in [6, 6.07) is 0.279. The standard InChI is InChI=1S/C17H32N4O3.HI/c1-6-13(3)19-17(18-12-15(22)20(4)5)21-10-8-14(9-11-21)16(23)24-7-2;/h13-14H,6-12H2,1-5H3,(H,18,19);1H. The molecule has 0 radical (unpaired) electrons. The van der Waals surface area contributed by atoms with E-state index in [0.29, 0.717) is 6.61 Å². The lowest BCUT2D eigenvalue weighted by Gasteiger charge is -2.34. The molecule has 1 atom stereocenters. The minimum Gasteiger partial charge on any atom is -0.466 e. The fourth-order valence-electron chi connectivity index (χ4n) is 2.43. The molecule has 0 spiro atoms. The molecule has 1 heterocycles. The van der Waals surface area contributed by atoms with Crippen molar-refractivity contribution in [3.05, 3.63) is 0 Å². The summed E-state index contributed by atoms with van der Waals surface area (Å²) in [5.41, 5.74) is 0. The molecule has 7 nitrogen and oxygen atoms in total. The Hall–Kier alpha value is -1.06. The molecule has 0 aromatic heterocycles. The van der Waals surface area contributed by atoms with Gasteiger partial charge in [-0.1, -0.05) is 6.92 Å². The highest BCUT2D eigenvalue weighted by Gasteiger charge is 2.27. The number of rotatable bonds is 6. The van der Waals surface area contributed by atoms with Crippen molar-refractivity contribution in [3.8, 4) is 0 Å². The maximum atomic E-state index is 11.9. The normalized spacial score (nSPS) is 16.7. The van der Waals surface area contributed by atoms with Gasteiger partial charge in [-0.3, -0.25) is 9.59 Å². The van der Waals surface area contributed by atoms with Crippen LogP contribution in [-0.4, -0.2) is 74.0 Å². The maximum absolute atomic E-state index is 11.9. The average Bonchev–Trinajstić information content (AvgIpc) is 2.58. The van der Waals surface area contributed by atoms with Gasteiger partial charge in [0.15, 0.2) is 5.96 Å². The topological polar surface area (TPSA) is 74.2 Å². The lowest BCUT2D eigenvalue weighted by molar-refractivity contribution is -0.149. The highest BCUT2D eigenvalue weighted by molar-refractivity contribution is 14.0. The van der Waals surface area contributed by atoms with Crippen LogP contribution in [-0.2, 0) is 14.3 Å². The molecule has 1 fully saturated rings. The van der Waals surface area contributed by atoms with Crippen molar-refractivity contribution in [3.63, 3.8) is 0 Å². The van der Waals surface area contributed by atoms with Crippen LogP contribution in [0.1, 0.15) is 40.0 Å².